The van der Waals surface area contributed by atoms with Gasteiger partial charge in [-0.25, -0.2) is 0 Å². The van der Waals surface area contributed by atoms with Gasteiger partial charge < -0.3 is 15.2 Å². The normalized spacial score (nSPS) is 12.1. The predicted molar refractivity (Wildman–Crippen MR) is 83.5 cm³/mol. The maximum atomic E-state index is 6.46. The zero-order chi connectivity index (χ0) is 15.1. The number of pyridine rings is 1. The molecule has 112 valence electrons. The fourth-order valence-corrected chi connectivity index (χ4v) is 2.31. The summed E-state index contributed by atoms with van der Waals surface area (Å²) in [5, 5.41) is 0. The molecule has 0 bridgehead atoms. The van der Waals surface area contributed by atoms with Gasteiger partial charge in [-0.15, -0.1) is 0 Å². The lowest BCUT2D eigenvalue weighted by Crippen LogP contribution is -2.16. The molecule has 0 radical (unpaired) electrons. The van der Waals surface area contributed by atoms with Crippen molar-refractivity contribution in [2.45, 2.75) is 19.4 Å². The molecule has 4 heteroatoms. The van der Waals surface area contributed by atoms with E-state index in [0.717, 1.165) is 28.9 Å². The van der Waals surface area contributed by atoms with Crippen LogP contribution in [0.3, 0.4) is 0 Å². The maximum Gasteiger partial charge on any atom is 0.124 e. The van der Waals surface area contributed by atoms with Crippen LogP contribution in [-0.4, -0.2) is 25.3 Å². The number of aromatic nitrogens is 1. The highest BCUT2D eigenvalue weighted by Gasteiger charge is 2.16. The molecule has 1 unspecified atom stereocenters. The van der Waals surface area contributed by atoms with E-state index >= 15 is 0 Å². The molecule has 0 spiro atoms. The van der Waals surface area contributed by atoms with E-state index in [1.54, 1.807) is 13.3 Å². The van der Waals surface area contributed by atoms with Crippen LogP contribution in [0.15, 0.2) is 42.7 Å². The van der Waals surface area contributed by atoms with Crippen LogP contribution in [0.5, 0.6) is 5.75 Å². The van der Waals surface area contributed by atoms with Crippen LogP contribution in [0.1, 0.15) is 29.7 Å². The van der Waals surface area contributed by atoms with Crippen LogP contribution >= 0.6 is 0 Å². The van der Waals surface area contributed by atoms with Gasteiger partial charge in [0.1, 0.15) is 12.4 Å². The molecule has 0 saturated carbocycles. The molecule has 0 amide bonds. The molecule has 4 nitrogen and oxygen atoms in total. The highest BCUT2D eigenvalue weighted by molar-refractivity contribution is 5.43. The zero-order valence-electron chi connectivity index (χ0n) is 12.6. The number of hydrogen-bond acceptors (Lipinski definition) is 4. The van der Waals surface area contributed by atoms with E-state index in [-0.39, 0.29) is 6.04 Å². The number of aryl methyl sites for hydroxylation is 1. The highest BCUT2D eigenvalue weighted by atomic mass is 16.5. The number of para-hydroxylation sites is 1. The molecule has 1 atom stereocenters. The third-order valence-corrected chi connectivity index (χ3v) is 3.46. The molecule has 2 rings (SSSR count). The second-order valence-electron chi connectivity index (χ2n) is 4.78. The Morgan fingerprint density at radius 2 is 1.95 bits per heavy atom. The van der Waals surface area contributed by atoms with Crippen molar-refractivity contribution in [3.05, 3.63) is 59.4 Å². The number of rotatable bonds is 7. The summed E-state index contributed by atoms with van der Waals surface area (Å²) >= 11 is 0. The molecule has 0 saturated heterocycles. The Bertz CT molecular complexity index is 572. The van der Waals surface area contributed by atoms with Crippen molar-refractivity contribution in [2.75, 3.05) is 20.3 Å². The Labute approximate surface area is 125 Å². The molecule has 1 aromatic carbocycles. The van der Waals surface area contributed by atoms with Gasteiger partial charge in [0.2, 0.25) is 0 Å². The number of ether oxygens (including phenoxy) is 2. The Balaban J connectivity index is 2.28. The van der Waals surface area contributed by atoms with E-state index in [0.29, 0.717) is 13.2 Å². The van der Waals surface area contributed by atoms with Crippen molar-refractivity contribution in [2.24, 2.45) is 5.73 Å². The average Bonchev–Trinajstić information content (AvgIpc) is 2.55. The first-order chi connectivity index (χ1) is 10.3. The van der Waals surface area contributed by atoms with Crippen molar-refractivity contribution in [1.82, 2.24) is 4.98 Å². The quantitative estimate of drug-likeness (QED) is 0.795. The molecular weight excluding hydrogens is 264 g/mol. The Kier molecular flexibility index (Phi) is 5.72. The SMILES string of the molecule is CCc1cnccc1C(N)c1ccccc1OCCOC. The summed E-state index contributed by atoms with van der Waals surface area (Å²) in [5.74, 6) is 0.806. The third-order valence-electron chi connectivity index (χ3n) is 3.46. The summed E-state index contributed by atoms with van der Waals surface area (Å²) < 4.78 is 10.8. The summed E-state index contributed by atoms with van der Waals surface area (Å²) in [6, 6.07) is 9.64. The predicted octanol–water partition coefficient (Wildman–Crippen LogP) is 2.72. The van der Waals surface area contributed by atoms with Gasteiger partial charge in [-0.3, -0.25) is 4.98 Å². The third kappa shape index (κ3) is 3.80. The van der Waals surface area contributed by atoms with Gasteiger partial charge >= 0.3 is 0 Å². The second kappa shape index (κ2) is 7.76. The van der Waals surface area contributed by atoms with E-state index < -0.39 is 0 Å². The van der Waals surface area contributed by atoms with E-state index in [1.165, 1.54) is 0 Å². The van der Waals surface area contributed by atoms with Crippen molar-refractivity contribution in [1.29, 1.82) is 0 Å². The van der Waals surface area contributed by atoms with Crippen LogP contribution in [0, 0.1) is 0 Å². The van der Waals surface area contributed by atoms with E-state index in [9.17, 15) is 0 Å². The second-order valence-corrected chi connectivity index (χ2v) is 4.78. The Morgan fingerprint density at radius 1 is 1.14 bits per heavy atom. The molecule has 0 aliphatic heterocycles. The monoisotopic (exact) mass is 286 g/mol. The summed E-state index contributed by atoms with van der Waals surface area (Å²) in [6.07, 6.45) is 4.57. The zero-order valence-corrected chi connectivity index (χ0v) is 12.6. The molecule has 0 aliphatic carbocycles. The first-order valence-corrected chi connectivity index (χ1v) is 7.17. The number of hydrogen-bond donors (Lipinski definition) is 1. The fraction of sp³-hybridized carbons (Fsp3) is 0.353. The molecular formula is C17H22N2O2. The van der Waals surface area contributed by atoms with Gasteiger partial charge in [0.05, 0.1) is 12.6 Å². The van der Waals surface area contributed by atoms with E-state index in [1.807, 2.05) is 36.5 Å². The number of benzene rings is 1. The first kappa shape index (κ1) is 15.5. The number of nitrogens with two attached hydrogens (primary N) is 1. The molecule has 2 N–H and O–H groups in total. The standard InChI is InChI=1S/C17H22N2O2/c1-3-13-12-19-9-8-14(13)17(18)15-6-4-5-7-16(15)21-11-10-20-2/h4-9,12,17H,3,10-11,18H2,1-2H3. The average molecular weight is 286 g/mol. The van der Waals surface area contributed by atoms with Gasteiger partial charge in [0.25, 0.3) is 0 Å². The smallest absolute Gasteiger partial charge is 0.124 e. The maximum absolute atomic E-state index is 6.46. The van der Waals surface area contributed by atoms with Crippen molar-refractivity contribution < 1.29 is 9.47 Å². The summed E-state index contributed by atoms with van der Waals surface area (Å²) in [6.45, 7) is 3.17. The molecule has 1 heterocycles. The minimum absolute atomic E-state index is 0.221. The van der Waals surface area contributed by atoms with Crippen molar-refractivity contribution in [3.63, 3.8) is 0 Å². The van der Waals surface area contributed by atoms with Crippen LogP contribution in [-0.2, 0) is 11.2 Å². The minimum Gasteiger partial charge on any atom is -0.491 e. The summed E-state index contributed by atoms with van der Waals surface area (Å²) in [5.41, 5.74) is 9.70. The lowest BCUT2D eigenvalue weighted by molar-refractivity contribution is 0.145. The Morgan fingerprint density at radius 3 is 2.71 bits per heavy atom. The van der Waals surface area contributed by atoms with Gasteiger partial charge in [0, 0.05) is 25.1 Å². The van der Waals surface area contributed by atoms with Crippen LogP contribution in [0.4, 0.5) is 0 Å². The molecule has 0 aliphatic rings. The topological polar surface area (TPSA) is 57.4 Å². The largest absolute Gasteiger partial charge is 0.491 e. The molecule has 1 aromatic heterocycles. The summed E-state index contributed by atoms with van der Waals surface area (Å²) in [7, 11) is 1.66. The van der Waals surface area contributed by atoms with E-state index in [4.69, 9.17) is 15.2 Å². The molecule has 2 aromatic rings. The van der Waals surface area contributed by atoms with Gasteiger partial charge in [-0.1, -0.05) is 25.1 Å². The first-order valence-electron chi connectivity index (χ1n) is 7.17. The van der Waals surface area contributed by atoms with Gasteiger partial charge in [0.15, 0.2) is 0 Å². The molecule has 0 fully saturated rings. The van der Waals surface area contributed by atoms with Crippen LogP contribution < -0.4 is 10.5 Å². The highest BCUT2D eigenvalue weighted by Crippen LogP contribution is 2.29. The van der Waals surface area contributed by atoms with Crippen LogP contribution in [0.25, 0.3) is 0 Å². The van der Waals surface area contributed by atoms with Crippen molar-refractivity contribution >= 4 is 0 Å². The van der Waals surface area contributed by atoms with Gasteiger partial charge in [-0.2, -0.15) is 0 Å². The summed E-state index contributed by atoms with van der Waals surface area (Å²) in [4.78, 5) is 4.17. The lowest BCUT2D eigenvalue weighted by Gasteiger charge is -2.19. The minimum atomic E-state index is -0.221. The van der Waals surface area contributed by atoms with Gasteiger partial charge in [-0.05, 0) is 29.7 Å². The van der Waals surface area contributed by atoms with E-state index in [2.05, 4.69) is 11.9 Å². The van der Waals surface area contributed by atoms with Crippen molar-refractivity contribution in [3.8, 4) is 5.75 Å². The van der Waals surface area contributed by atoms with Crippen LogP contribution in [0.2, 0.25) is 0 Å². The lowest BCUT2D eigenvalue weighted by atomic mass is 9.95. The number of nitrogens with zero attached hydrogens (tertiary/aromatic N) is 1. The Hall–Kier alpha value is -1.91. The number of methoxy groups -OCH3 is 1. The molecule has 21 heavy (non-hydrogen) atoms. The fourth-order valence-electron chi connectivity index (χ4n) is 2.31.